The van der Waals surface area contributed by atoms with E-state index in [2.05, 4.69) is 10.1 Å². The van der Waals surface area contributed by atoms with Crippen molar-refractivity contribution in [3.8, 4) is 23.0 Å². The molecule has 0 bridgehead atoms. The van der Waals surface area contributed by atoms with E-state index >= 15 is 0 Å². The zero-order valence-electron chi connectivity index (χ0n) is 12.5. The molecule has 0 aliphatic rings. The fourth-order valence-electron chi connectivity index (χ4n) is 2.33. The summed E-state index contributed by atoms with van der Waals surface area (Å²) < 4.78 is 11.1. The molecule has 21 heavy (non-hydrogen) atoms. The van der Waals surface area contributed by atoms with Gasteiger partial charge in [0.05, 0.1) is 5.56 Å². The van der Waals surface area contributed by atoms with Crippen LogP contribution in [0.4, 0.5) is 0 Å². The Balaban J connectivity index is 2.40. The van der Waals surface area contributed by atoms with E-state index < -0.39 is 5.60 Å². The Kier molecular flexibility index (Phi) is 4.47. The molecule has 2 N–H and O–H groups in total. The molecule has 2 aromatic rings. The van der Waals surface area contributed by atoms with Crippen molar-refractivity contribution < 1.29 is 19.5 Å². The Hall–Kier alpha value is -2.08. The van der Waals surface area contributed by atoms with Crippen molar-refractivity contribution in [3.05, 3.63) is 24.0 Å². The number of phenolic OH excluding ortho intramolecular Hbond substituents is 2. The summed E-state index contributed by atoms with van der Waals surface area (Å²) in [7, 11) is 0. The zero-order chi connectivity index (χ0) is 15.5. The molecule has 0 aliphatic heterocycles. The molecule has 1 heterocycles. The third-order valence-electron chi connectivity index (χ3n) is 3.61. The van der Waals surface area contributed by atoms with Crippen molar-refractivity contribution in [1.82, 2.24) is 10.1 Å². The largest absolute Gasteiger partial charge is 0.508 e. The van der Waals surface area contributed by atoms with Crippen LogP contribution in [-0.2, 0) is 10.3 Å². The lowest BCUT2D eigenvalue weighted by atomic mass is 9.96. The van der Waals surface area contributed by atoms with Gasteiger partial charge >= 0.3 is 0 Å². The third-order valence-corrected chi connectivity index (χ3v) is 3.61. The molecule has 0 aliphatic carbocycles. The Morgan fingerprint density at radius 2 is 1.90 bits per heavy atom. The molecule has 0 atom stereocenters. The predicted octanol–water partition coefficient (Wildman–Crippen LogP) is 3.20. The highest BCUT2D eigenvalue weighted by Gasteiger charge is 2.34. The van der Waals surface area contributed by atoms with E-state index in [1.807, 2.05) is 20.8 Å². The lowest BCUT2D eigenvalue weighted by Crippen LogP contribution is -2.29. The van der Waals surface area contributed by atoms with Gasteiger partial charge < -0.3 is 19.5 Å². The van der Waals surface area contributed by atoms with Gasteiger partial charge in [-0.25, -0.2) is 0 Å². The van der Waals surface area contributed by atoms with Crippen LogP contribution in [0.5, 0.6) is 11.5 Å². The summed E-state index contributed by atoms with van der Waals surface area (Å²) in [6.07, 6.45) is 1.44. The first-order valence-corrected chi connectivity index (χ1v) is 7.06. The van der Waals surface area contributed by atoms with Crippen molar-refractivity contribution in [3.63, 3.8) is 0 Å². The third kappa shape index (κ3) is 2.85. The number of aromatic nitrogens is 2. The first kappa shape index (κ1) is 15.3. The first-order chi connectivity index (χ1) is 10.1. The molecule has 0 saturated carbocycles. The Labute approximate surface area is 123 Å². The van der Waals surface area contributed by atoms with Gasteiger partial charge in [0, 0.05) is 12.7 Å². The van der Waals surface area contributed by atoms with E-state index in [-0.39, 0.29) is 17.4 Å². The van der Waals surface area contributed by atoms with Crippen LogP contribution in [0.2, 0.25) is 0 Å². The van der Waals surface area contributed by atoms with Crippen LogP contribution in [0.1, 0.15) is 39.4 Å². The highest BCUT2D eigenvalue weighted by Crippen LogP contribution is 2.35. The van der Waals surface area contributed by atoms with Crippen LogP contribution in [0.3, 0.4) is 0 Å². The topological polar surface area (TPSA) is 88.6 Å². The molecule has 1 aromatic heterocycles. The van der Waals surface area contributed by atoms with Gasteiger partial charge in [-0.3, -0.25) is 0 Å². The number of aromatic hydroxyl groups is 2. The molecule has 6 heteroatoms. The minimum absolute atomic E-state index is 0.0261. The van der Waals surface area contributed by atoms with Crippen LogP contribution in [0.25, 0.3) is 11.5 Å². The highest BCUT2D eigenvalue weighted by atomic mass is 16.5. The number of phenols is 2. The standard InChI is InChI=1S/C15H20N2O4/c1-4-15(5-2,20-6-3)14-16-13(21-17-14)11-8-7-10(18)9-12(11)19/h7-9,18-19H,4-6H2,1-3H3. The van der Waals surface area contributed by atoms with E-state index in [0.717, 1.165) is 12.8 Å². The molecule has 6 nitrogen and oxygen atoms in total. The van der Waals surface area contributed by atoms with Crippen LogP contribution in [0, 0.1) is 0 Å². The van der Waals surface area contributed by atoms with E-state index in [1.165, 1.54) is 18.2 Å². The summed E-state index contributed by atoms with van der Waals surface area (Å²) in [5.41, 5.74) is -0.201. The second kappa shape index (κ2) is 6.13. The molecule has 2 rings (SSSR count). The average molecular weight is 292 g/mol. The molecule has 1 aromatic carbocycles. The van der Waals surface area contributed by atoms with Crippen LogP contribution in [-0.4, -0.2) is 27.0 Å². The van der Waals surface area contributed by atoms with Crippen molar-refractivity contribution >= 4 is 0 Å². The van der Waals surface area contributed by atoms with Gasteiger partial charge in [-0.05, 0) is 31.9 Å². The van der Waals surface area contributed by atoms with Gasteiger partial charge in [-0.1, -0.05) is 19.0 Å². The highest BCUT2D eigenvalue weighted by molar-refractivity contribution is 5.63. The Morgan fingerprint density at radius 3 is 2.48 bits per heavy atom. The molecule has 0 amide bonds. The molecule has 114 valence electrons. The monoisotopic (exact) mass is 292 g/mol. The number of nitrogens with zero attached hydrogens (tertiary/aromatic N) is 2. The summed E-state index contributed by atoms with van der Waals surface area (Å²) in [5, 5.41) is 23.2. The minimum Gasteiger partial charge on any atom is -0.508 e. The maximum Gasteiger partial charge on any atom is 0.261 e. The van der Waals surface area contributed by atoms with E-state index in [1.54, 1.807) is 0 Å². The number of hydrogen-bond donors (Lipinski definition) is 2. The molecular formula is C15H20N2O4. The van der Waals surface area contributed by atoms with Crippen molar-refractivity contribution in [2.24, 2.45) is 0 Å². The number of ether oxygens (including phenoxy) is 1. The summed E-state index contributed by atoms with van der Waals surface area (Å²) in [6.45, 7) is 6.49. The summed E-state index contributed by atoms with van der Waals surface area (Å²) >= 11 is 0. The smallest absolute Gasteiger partial charge is 0.261 e. The van der Waals surface area contributed by atoms with Crippen molar-refractivity contribution in [2.45, 2.75) is 39.2 Å². The molecular weight excluding hydrogens is 272 g/mol. The second-order valence-corrected chi connectivity index (χ2v) is 4.76. The fourth-order valence-corrected chi connectivity index (χ4v) is 2.33. The maximum absolute atomic E-state index is 9.86. The van der Waals surface area contributed by atoms with Crippen molar-refractivity contribution in [1.29, 1.82) is 0 Å². The summed E-state index contributed by atoms with van der Waals surface area (Å²) in [6, 6.07) is 4.21. The first-order valence-electron chi connectivity index (χ1n) is 7.06. The Bertz CT molecular complexity index is 605. The van der Waals surface area contributed by atoms with E-state index in [9.17, 15) is 10.2 Å². The van der Waals surface area contributed by atoms with Gasteiger partial charge in [0.1, 0.15) is 17.1 Å². The van der Waals surface area contributed by atoms with E-state index in [0.29, 0.717) is 18.0 Å². The van der Waals surface area contributed by atoms with Gasteiger partial charge in [-0.2, -0.15) is 4.98 Å². The van der Waals surface area contributed by atoms with Crippen LogP contribution in [0.15, 0.2) is 22.7 Å². The van der Waals surface area contributed by atoms with Crippen LogP contribution >= 0.6 is 0 Å². The van der Waals surface area contributed by atoms with Gasteiger partial charge in [0.15, 0.2) is 0 Å². The van der Waals surface area contributed by atoms with Gasteiger partial charge in [0.25, 0.3) is 5.89 Å². The molecule has 0 spiro atoms. The SMILES string of the molecule is CCOC(CC)(CC)c1noc(-c2ccc(O)cc2O)n1. The van der Waals surface area contributed by atoms with Crippen LogP contribution < -0.4 is 0 Å². The van der Waals surface area contributed by atoms with Gasteiger partial charge in [-0.15, -0.1) is 0 Å². The average Bonchev–Trinajstić information content (AvgIpc) is 2.95. The molecule has 0 saturated heterocycles. The maximum atomic E-state index is 9.86. The molecule has 0 fully saturated rings. The normalized spacial score (nSPS) is 11.8. The fraction of sp³-hybridized carbons (Fsp3) is 0.467. The van der Waals surface area contributed by atoms with Crippen molar-refractivity contribution in [2.75, 3.05) is 6.61 Å². The van der Waals surface area contributed by atoms with Gasteiger partial charge in [0.2, 0.25) is 5.82 Å². The molecule has 0 radical (unpaired) electrons. The second-order valence-electron chi connectivity index (χ2n) is 4.76. The summed E-state index contributed by atoms with van der Waals surface area (Å²) in [5.74, 6) is 0.535. The number of benzene rings is 1. The lowest BCUT2D eigenvalue weighted by Gasteiger charge is -2.27. The zero-order valence-corrected chi connectivity index (χ0v) is 12.5. The number of hydrogen-bond acceptors (Lipinski definition) is 6. The summed E-state index contributed by atoms with van der Waals surface area (Å²) in [4.78, 5) is 4.36. The quantitative estimate of drug-likeness (QED) is 0.850. The molecule has 0 unspecified atom stereocenters. The Morgan fingerprint density at radius 1 is 1.19 bits per heavy atom. The lowest BCUT2D eigenvalue weighted by molar-refractivity contribution is -0.0583. The minimum atomic E-state index is -0.580. The predicted molar refractivity (Wildman–Crippen MR) is 76.9 cm³/mol. The van der Waals surface area contributed by atoms with E-state index in [4.69, 9.17) is 9.26 Å². The number of rotatable bonds is 6.